The second-order valence-electron chi connectivity index (χ2n) is 4.20. The molecule has 0 radical (unpaired) electrons. The molecule has 0 bridgehead atoms. The summed E-state index contributed by atoms with van der Waals surface area (Å²) < 4.78 is 0. The first-order valence-corrected chi connectivity index (χ1v) is 6.25. The molecule has 0 amide bonds. The molecule has 0 saturated heterocycles. The SMILES string of the molecule is C#C.CCCCCCCCCC(C)CO. The Morgan fingerprint density at radius 1 is 0.933 bits per heavy atom. The maximum absolute atomic E-state index is 8.81. The molecular formula is C14H28O. The van der Waals surface area contributed by atoms with Gasteiger partial charge in [-0.25, -0.2) is 0 Å². The Labute approximate surface area is 96.3 Å². The fraction of sp³-hybridized carbons (Fsp3) is 0.857. The molecule has 0 fully saturated rings. The lowest BCUT2D eigenvalue weighted by atomic mass is 10.0. The lowest BCUT2D eigenvalue weighted by molar-refractivity contribution is 0.227. The smallest absolute Gasteiger partial charge is 0.0456 e. The number of aliphatic hydroxyl groups excluding tert-OH is 1. The molecule has 0 saturated carbocycles. The van der Waals surface area contributed by atoms with E-state index in [-0.39, 0.29) is 0 Å². The summed E-state index contributed by atoms with van der Waals surface area (Å²) in [5, 5.41) is 8.81. The molecule has 0 aromatic heterocycles. The number of hydrogen-bond donors (Lipinski definition) is 1. The Kier molecular flexibility index (Phi) is 18.0. The minimum atomic E-state index is 0.357. The average Bonchev–Trinajstić information content (AvgIpc) is 2.30. The van der Waals surface area contributed by atoms with Crippen LogP contribution in [0.2, 0.25) is 0 Å². The van der Waals surface area contributed by atoms with Crippen molar-refractivity contribution in [3.63, 3.8) is 0 Å². The summed E-state index contributed by atoms with van der Waals surface area (Å²) >= 11 is 0. The van der Waals surface area contributed by atoms with Crippen molar-refractivity contribution in [2.75, 3.05) is 6.61 Å². The Balaban J connectivity index is 0. The minimum Gasteiger partial charge on any atom is -0.396 e. The molecule has 0 heterocycles. The largest absolute Gasteiger partial charge is 0.396 e. The zero-order valence-electron chi connectivity index (χ0n) is 10.5. The summed E-state index contributed by atoms with van der Waals surface area (Å²) in [6.07, 6.45) is 18.8. The Morgan fingerprint density at radius 3 is 1.87 bits per heavy atom. The standard InChI is InChI=1S/C12H26O.C2H2/c1-3-4-5-6-7-8-9-10-12(2)11-13;1-2/h12-13H,3-11H2,1-2H3;1-2H. The van der Waals surface area contributed by atoms with Gasteiger partial charge in [0.05, 0.1) is 0 Å². The van der Waals surface area contributed by atoms with Crippen LogP contribution in [0.4, 0.5) is 0 Å². The van der Waals surface area contributed by atoms with Gasteiger partial charge in [0.25, 0.3) is 0 Å². The molecule has 1 N–H and O–H groups in total. The summed E-state index contributed by atoms with van der Waals surface area (Å²) in [6, 6.07) is 0. The highest BCUT2D eigenvalue weighted by Gasteiger charge is 1.98. The molecule has 1 nitrogen and oxygen atoms in total. The van der Waals surface area contributed by atoms with Gasteiger partial charge in [0.2, 0.25) is 0 Å². The van der Waals surface area contributed by atoms with E-state index in [0.29, 0.717) is 12.5 Å². The predicted molar refractivity (Wildman–Crippen MR) is 68.7 cm³/mol. The quantitative estimate of drug-likeness (QED) is 0.452. The van der Waals surface area contributed by atoms with Crippen LogP contribution in [0.15, 0.2) is 0 Å². The van der Waals surface area contributed by atoms with Crippen molar-refractivity contribution in [1.82, 2.24) is 0 Å². The van der Waals surface area contributed by atoms with Crippen LogP contribution < -0.4 is 0 Å². The number of hydrogen-bond acceptors (Lipinski definition) is 1. The summed E-state index contributed by atoms with van der Waals surface area (Å²) in [5.41, 5.74) is 0. The fourth-order valence-electron chi connectivity index (χ4n) is 1.54. The third-order valence-corrected chi connectivity index (χ3v) is 2.61. The number of unbranched alkanes of at least 4 members (excludes halogenated alkanes) is 6. The zero-order valence-corrected chi connectivity index (χ0v) is 10.5. The summed E-state index contributed by atoms with van der Waals surface area (Å²) in [7, 11) is 0. The number of terminal acetylenes is 1. The second-order valence-corrected chi connectivity index (χ2v) is 4.20. The number of rotatable bonds is 9. The van der Waals surface area contributed by atoms with Crippen LogP contribution in [0.3, 0.4) is 0 Å². The van der Waals surface area contributed by atoms with E-state index in [9.17, 15) is 0 Å². The molecule has 0 aromatic rings. The van der Waals surface area contributed by atoms with Gasteiger partial charge in [0, 0.05) is 6.61 Å². The van der Waals surface area contributed by atoms with Crippen molar-refractivity contribution >= 4 is 0 Å². The van der Waals surface area contributed by atoms with E-state index in [1.165, 1.54) is 51.4 Å². The first-order chi connectivity index (χ1) is 7.31. The Morgan fingerprint density at radius 2 is 1.40 bits per heavy atom. The van der Waals surface area contributed by atoms with Crippen molar-refractivity contribution in [2.45, 2.75) is 65.2 Å². The molecule has 1 heteroatoms. The molecule has 0 aromatic carbocycles. The van der Waals surface area contributed by atoms with E-state index in [2.05, 4.69) is 26.7 Å². The van der Waals surface area contributed by atoms with Crippen LogP contribution in [-0.4, -0.2) is 11.7 Å². The van der Waals surface area contributed by atoms with E-state index in [0.717, 1.165) is 0 Å². The molecule has 0 rings (SSSR count). The monoisotopic (exact) mass is 212 g/mol. The van der Waals surface area contributed by atoms with Crippen molar-refractivity contribution < 1.29 is 5.11 Å². The predicted octanol–water partition coefficient (Wildman–Crippen LogP) is 4.00. The minimum absolute atomic E-state index is 0.357. The van der Waals surface area contributed by atoms with Gasteiger partial charge >= 0.3 is 0 Å². The van der Waals surface area contributed by atoms with E-state index < -0.39 is 0 Å². The molecule has 1 atom stereocenters. The maximum Gasteiger partial charge on any atom is 0.0456 e. The highest BCUT2D eigenvalue weighted by molar-refractivity contribution is 4.51. The van der Waals surface area contributed by atoms with Crippen LogP contribution in [0.5, 0.6) is 0 Å². The normalized spacial score (nSPS) is 11.5. The first-order valence-electron chi connectivity index (χ1n) is 6.25. The van der Waals surface area contributed by atoms with Crippen molar-refractivity contribution in [3.8, 4) is 12.8 Å². The highest BCUT2D eigenvalue weighted by atomic mass is 16.3. The van der Waals surface area contributed by atoms with Crippen molar-refractivity contribution in [3.05, 3.63) is 0 Å². The van der Waals surface area contributed by atoms with E-state index in [4.69, 9.17) is 5.11 Å². The van der Waals surface area contributed by atoms with E-state index >= 15 is 0 Å². The first kappa shape index (κ1) is 16.9. The van der Waals surface area contributed by atoms with Crippen LogP contribution in [0.25, 0.3) is 0 Å². The van der Waals surface area contributed by atoms with Gasteiger partial charge in [0.15, 0.2) is 0 Å². The van der Waals surface area contributed by atoms with Gasteiger partial charge in [0.1, 0.15) is 0 Å². The van der Waals surface area contributed by atoms with Gasteiger partial charge in [-0.1, -0.05) is 58.8 Å². The van der Waals surface area contributed by atoms with Gasteiger partial charge in [-0.15, -0.1) is 12.8 Å². The molecule has 0 aliphatic rings. The molecule has 15 heavy (non-hydrogen) atoms. The average molecular weight is 212 g/mol. The fourth-order valence-corrected chi connectivity index (χ4v) is 1.54. The van der Waals surface area contributed by atoms with E-state index in [1.807, 2.05) is 0 Å². The van der Waals surface area contributed by atoms with Crippen LogP contribution in [0.1, 0.15) is 65.2 Å². The lowest BCUT2D eigenvalue weighted by Gasteiger charge is -2.06. The molecular weight excluding hydrogens is 184 g/mol. The summed E-state index contributed by atoms with van der Waals surface area (Å²) in [5.74, 6) is 0.510. The maximum atomic E-state index is 8.81. The summed E-state index contributed by atoms with van der Waals surface area (Å²) in [4.78, 5) is 0. The zero-order chi connectivity index (χ0) is 11.9. The van der Waals surface area contributed by atoms with Gasteiger partial charge in [-0.3, -0.25) is 0 Å². The molecule has 1 unspecified atom stereocenters. The van der Waals surface area contributed by atoms with Crippen LogP contribution >= 0.6 is 0 Å². The Hall–Kier alpha value is -0.480. The van der Waals surface area contributed by atoms with Crippen molar-refractivity contribution in [2.24, 2.45) is 5.92 Å². The van der Waals surface area contributed by atoms with Gasteiger partial charge in [-0.05, 0) is 12.3 Å². The van der Waals surface area contributed by atoms with Crippen LogP contribution in [0, 0.1) is 18.8 Å². The third kappa shape index (κ3) is 16.2. The number of aliphatic hydroxyl groups is 1. The van der Waals surface area contributed by atoms with Crippen molar-refractivity contribution in [1.29, 1.82) is 0 Å². The molecule has 90 valence electrons. The van der Waals surface area contributed by atoms with Gasteiger partial charge < -0.3 is 5.11 Å². The van der Waals surface area contributed by atoms with Crippen LogP contribution in [-0.2, 0) is 0 Å². The van der Waals surface area contributed by atoms with E-state index in [1.54, 1.807) is 0 Å². The molecule has 0 aliphatic heterocycles. The third-order valence-electron chi connectivity index (χ3n) is 2.61. The molecule has 0 spiro atoms. The molecule has 0 aliphatic carbocycles. The Bertz CT molecular complexity index is 118. The second kappa shape index (κ2) is 16.0. The topological polar surface area (TPSA) is 20.2 Å². The summed E-state index contributed by atoms with van der Waals surface area (Å²) in [6.45, 7) is 4.73. The lowest BCUT2D eigenvalue weighted by Crippen LogP contribution is -1.99. The highest BCUT2D eigenvalue weighted by Crippen LogP contribution is 2.11. The van der Waals surface area contributed by atoms with Gasteiger partial charge in [-0.2, -0.15) is 0 Å².